The second-order valence-corrected chi connectivity index (χ2v) is 7.68. The monoisotopic (exact) mass is 361 g/mol. The molecule has 1 fully saturated rings. The molecule has 3 rings (SSSR count). The topological polar surface area (TPSA) is 96.3 Å². The van der Waals surface area contributed by atoms with Gasteiger partial charge in [0.05, 0.1) is 0 Å². The van der Waals surface area contributed by atoms with E-state index in [1.807, 2.05) is 19.2 Å². The summed E-state index contributed by atoms with van der Waals surface area (Å²) >= 11 is 1.61. The van der Waals surface area contributed by atoms with E-state index in [1.165, 1.54) is 10.4 Å². The number of rotatable bonds is 7. The van der Waals surface area contributed by atoms with Crippen LogP contribution < -0.4 is 16.8 Å². The fourth-order valence-corrected chi connectivity index (χ4v) is 3.70. The van der Waals surface area contributed by atoms with E-state index in [-0.39, 0.29) is 0 Å². The van der Waals surface area contributed by atoms with Crippen LogP contribution in [0, 0.1) is 6.92 Å². The third-order valence-corrected chi connectivity index (χ3v) is 5.14. The molecule has 136 valence electrons. The van der Waals surface area contributed by atoms with E-state index in [1.54, 1.807) is 11.3 Å². The van der Waals surface area contributed by atoms with Gasteiger partial charge in [0.25, 0.3) is 0 Å². The second-order valence-electron chi connectivity index (χ2n) is 6.45. The summed E-state index contributed by atoms with van der Waals surface area (Å²) in [5.41, 5.74) is 12.8. The molecule has 2 aromatic rings. The standard InChI is InChI=1S/C17H27N7S/c1-13-11-20-17(25-13)22-16-10-14(9-15(19)21-16)12-24-7-5-23(6-8-24)4-2-3-18/h9-11H,2-8,12,18H2,1H3,(H3,19,20,21,22). The molecule has 2 aromatic heterocycles. The van der Waals surface area contributed by atoms with Crippen LogP contribution in [0.5, 0.6) is 0 Å². The third-order valence-electron chi connectivity index (χ3n) is 4.31. The Bertz CT molecular complexity index is 679. The maximum Gasteiger partial charge on any atom is 0.188 e. The lowest BCUT2D eigenvalue weighted by Gasteiger charge is -2.34. The van der Waals surface area contributed by atoms with E-state index in [4.69, 9.17) is 11.5 Å². The fraction of sp³-hybridized carbons (Fsp3) is 0.529. The summed E-state index contributed by atoms with van der Waals surface area (Å²) in [4.78, 5) is 14.8. The first-order valence-electron chi connectivity index (χ1n) is 8.73. The molecule has 1 saturated heterocycles. The van der Waals surface area contributed by atoms with Crippen molar-refractivity contribution in [1.29, 1.82) is 0 Å². The first-order chi connectivity index (χ1) is 12.1. The number of thiazole rings is 1. The summed E-state index contributed by atoms with van der Waals surface area (Å²) in [6.07, 6.45) is 2.93. The summed E-state index contributed by atoms with van der Waals surface area (Å²) in [6.45, 7) is 9.15. The van der Waals surface area contributed by atoms with Gasteiger partial charge in [0.2, 0.25) is 0 Å². The first kappa shape index (κ1) is 18.1. The SMILES string of the molecule is Cc1cnc(Nc2cc(CN3CCN(CCCN)CC3)cc(N)n2)s1. The number of aryl methyl sites for hydroxylation is 1. The Hall–Kier alpha value is -1.74. The van der Waals surface area contributed by atoms with Gasteiger partial charge in [-0.1, -0.05) is 0 Å². The molecular weight excluding hydrogens is 334 g/mol. The van der Waals surface area contributed by atoms with Crippen LogP contribution in [0.3, 0.4) is 0 Å². The van der Waals surface area contributed by atoms with Crippen LogP contribution in [-0.4, -0.2) is 59.0 Å². The van der Waals surface area contributed by atoms with E-state index < -0.39 is 0 Å². The molecule has 0 aliphatic carbocycles. The highest BCUT2D eigenvalue weighted by molar-refractivity contribution is 7.15. The van der Waals surface area contributed by atoms with Gasteiger partial charge in [0.1, 0.15) is 11.6 Å². The molecule has 0 unspecified atom stereocenters. The zero-order valence-corrected chi connectivity index (χ0v) is 15.6. The number of nitrogens with zero attached hydrogens (tertiary/aromatic N) is 4. The van der Waals surface area contributed by atoms with Crippen LogP contribution in [0.25, 0.3) is 0 Å². The summed E-state index contributed by atoms with van der Waals surface area (Å²) in [5, 5.41) is 4.09. The number of hydrogen-bond donors (Lipinski definition) is 3. The summed E-state index contributed by atoms with van der Waals surface area (Å²) in [6, 6.07) is 4.02. The Morgan fingerprint density at radius 3 is 2.64 bits per heavy atom. The molecule has 0 amide bonds. The average molecular weight is 362 g/mol. The highest BCUT2D eigenvalue weighted by atomic mass is 32.1. The van der Waals surface area contributed by atoms with Crippen molar-refractivity contribution < 1.29 is 0 Å². The molecule has 0 radical (unpaired) electrons. The smallest absolute Gasteiger partial charge is 0.188 e. The van der Waals surface area contributed by atoms with E-state index in [0.29, 0.717) is 5.82 Å². The van der Waals surface area contributed by atoms with Crippen molar-refractivity contribution >= 4 is 28.1 Å². The van der Waals surface area contributed by atoms with Crippen molar-refractivity contribution in [3.63, 3.8) is 0 Å². The van der Waals surface area contributed by atoms with Gasteiger partial charge in [-0.3, -0.25) is 4.90 Å². The van der Waals surface area contributed by atoms with Crippen molar-refractivity contribution in [2.24, 2.45) is 5.73 Å². The molecule has 25 heavy (non-hydrogen) atoms. The molecule has 0 atom stereocenters. The zero-order valence-electron chi connectivity index (χ0n) is 14.7. The predicted octanol–water partition coefficient (Wildman–Crippen LogP) is 1.64. The number of hydrogen-bond acceptors (Lipinski definition) is 8. The van der Waals surface area contributed by atoms with Gasteiger partial charge >= 0.3 is 0 Å². The number of aromatic nitrogens is 2. The van der Waals surface area contributed by atoms with Crippen molar-refractivity contribution in [1.82, 2.24) is 19.8 Å². The number of nitrogens with one attached hydrogen (secondary N) is 1. The van der Waals surface area contributed by atoms with Crippen LogP contribution >= 0.6 is 11.3 Å². The molecule has 8 heteroatoms. The molecule has 1 aliphatic rings. The van der Waals surface area contributed by atoms with Crippen LogP contribution in [-0.2, 0) is 6.54 Å². The fourth-order valence-electron chi connectivity index (χ4n) is 3.03. The van der Waals surface area contributed by atoms with Gasteiger partial charge in [0, 0.05) is 43.8 Å². The summed E-state index contributed by atoms with van der Waals surface area (Å²) < 4.78 is 0. The molecule has 0 saturated carbocycles. The Morgan fingerprint density at radius 2 is 1.96 bits per heavy atom. The lowest BCUT2D eigenvalue weighted by atomic mass is 10.2. The number of piperazine rings is 1. The highest BCUT2D eigenvalue weighted by Crippen LogP contribution is 2.23. The van der Waals surface area contributed by atoms with Crippen LogP contribution in [0.1, 0.15) is 16.9 Å². The molecule has 1 aliphatic heterocycles. The van der Waals surface area contributed by atoms with E-state index >= 15 is 0 Å². The first-order valence-corrected chi connectivity index (χ1v) is 9.54. The van der Waals surface area contributed by atoms with Crippen molar-refractivity contribution in [3.8, 4) is 0 Å². The van der Waals surface area contributed by atoms with E-state index in [0.717, 1.165) is 63.2 Å². The molecule has 0 bridgehead atoms. The summed E-state index contributed by atoms with van der Waals surface area (Å²) in [7, 11) is 0. The van der Waals surface area contributed by atoms with E-state index in [2.05, 4.69) is 31.2 Å². The van der Waals surface area contributed by atoms with Gasteiger partial charge in [-0.2, -0.15) is 0 Å². The van der Waals surface area contributed by atoms with Crippen LogP contribution in [0.4, 0.5) is 16.8 Å². The number of nitrogen functional groups attached to an aromatic ring is 1. The van der Waals surface area contributed by atoms with Gasteiger partial charge in [0.15, 0.2) is 5.13 Å². The van der Waals surface area contributed by atoms with Gasteiger partial charge in [-0.05, 0) is 44.1 Å². The quantitative estimate of drug-likeness (QED) is 0.690. The molecule has 3 heterocycles. The lowest BCUT2D eigenvalue weighted by molar-refractivity contribution is 0.127. The van der Waals surface area contributed by atoms with Crippen LogP contribution in [0.15, 0.2) is 18.3 Å². The van der Waals surface area contributed by atoms with Crippen molar-refractivity contribution in [3.05, 3.63) is 28.8 Å². The molecule has 5 N–H and O–H groups in total. The minimum atomic E-state index is 0.537. The number of anilines is 3. The highest BCUT2D eigenvalue weighted by Gasteiger charge is 2.17. The van der Waals surface area contributed by atoms with Crippen LogP contribution in [0.2, 0.25) is 0 Å². The molecular formula is C17H27N7S. The van der Waals surface area contributed by atoms with Gasteiger partial charge in [-0.25, -0.2) is 9.97 Å². The molecule has 7 nitrogen and oxygen atoms in total. The molecule has 0 spiro atoms. The lowest BCUT2D eigenvalue weighted by Crippen LogP contribution is -2.46. The van der Waals surface area contributed by atoms with Crippen molar-refractivity contribution in [2.75, 3.05) is 50.3 Å². The van der Waals surface area contributed by atoms with Gasteiger partial charge < -0.3 is 21.7 Å². The zero-order chi connectivity index (χ0) is 17.6. The minimum Gasteiger partial charge on any atom is -0.384 e. The maximum absolute atomic E-state index is 5.99. The average Bonchev–Trinajstić information content (AvgIpc) is 2.98. The second kappa shape index (κ2) is 8.57. The number of pyridine rings is 1. The Labute approximate surface area is 153 Å². The largest absolute Gasteiger partial charge is 0.384 e. The van der Waals surface area contributed by atoms with E-state index in [9.17, 15) is 0 Å². The van der Waals surface area contributed by atoms with Gasteiger partial charge in [-0.15, -0.1) is 11.3 Å². The minimum absolute atomic E-state index is 0.537. The summed E-state index contributed by atoms with van der Waals surface area (Å²) in [5.74, 6) is 1.29. The normalized spacial score (nSPS) is 16.2. The Morgan fingerprint density at radius 1 is 1.20 bits per heavy atom. The number of nitrogens with two attached hydrogens (primary N) is 2. The predicted molar refractivity (Wildman–Crippen MR) is 104 cm³/mol. The van der Waals surface area contributed by atoms with Crippen molar-refractivity contribution in [2.45, 2.75) is 19.9 Å². The maximum atomic E-state index is 5.99. The molecule has 0 aromatic carbocycles. The third kappa shape index (κ3) is 5.37. The Kier molecular flexibility index (Phi) is 6.19. The Balaban J connectivity index is 1.57.